The zero-order valence-electron chi connectivity index (χ0n) is 18.5. The van der Waals surface area contributed by atoms with Crippen molar-refractivity contribution >= 4 is 35.9 Å². The maximum atomic E-state index is 11.8. The van der Waals surface area contributed by atoms with E-state index in [1.165, 1.54) is 18.2 Å². The van der Waals surface area contributed by atoms with Crippen molar-refractivity contribution in [2.45, 2.75) is 32.5 Å². The van der Waals surface area contributed by atoms with Crippen LogP contribution in [0.25, 0.3) is 0 Å². The van der Waals surface area contributed by atoms with Gasteiger partial charge < -0.3 is 19.4 Å². The fourth-order valence-corrected chi connectivity index (χ4v) is 3.90. The molecule has 1 saturated heterocycles. The molecule has 0 atom stereocenters. The Morgan fingerprint density at radius 3 is 2.52 bits per heavy atom. The van der Waals surface area contributed by atoms with E-state index in [2.05, 4.69) is 51.4 Å². The molecule has 1 aromatic carbocycles. The Morgan fingerprint density at radius 1 is 1.19 bits per heavy atom. The SMILES string of the molecule is CN=C(NCc1ccccc1CN(C)Cc1ccco1)N1CCC(C(=O)OC)CC1.I. The largest absolute Gasteiger partial charge is 0.469 e. The van der Waals surface area contributed by atoms with Gasteiger partial charge in [0.1, 0.15) is 5.76 Å². The van der Waals surface area contributed by atoms with Gasteiger partial charge in [-0.1, -0.05) is 24.3 Å². The highest BCUT2D eigenvalue weighted by atomic mass is 127. The molecule has 1 aromatic heterocycles. The summed E-state index contributed by atoms with van der Waals surface area (Å²) in [5.41, 5.74) is 2.52. The second-order valence-corrected chi connectivity index (χ2v) is 7.71. The number of carbonyl (C=O) groups excluding carboxylic acids is 1. The summed E-state index contributed by atoms with van der Waals surface area (Å²) in [4.78, 5) is 20.7. The molecule has 0 bridgehead atoms. The molecule has 0 spiro atoms. The Morgan fingerprint density at radius 2 is 1.90 bits per heavy atom. The van der Waals surface area contributed by atoms with Crippen LogP contribution in [0.5, 0.6) is 0 Å². The smallest absolute Gasteiger partial charge is 0.308 e. The van der Waals surface area contributed by atoms with Crippen molar-refractivity contribution in [3.05, 3.63) is 59.5 Å². The maximum absolute atomic E-state index is 11.8. The summed E-state index contributed by atoms with van der Waals surface area (Å²) < 4.78 is 10.3. The summed E-state index contributed by atoms with van der Waals surface area (Å²) in [6.07, 6.45) is 3.30. The van der Waals surface area contributed by atoms with Crippen LogP contribution in [0.2, 0.25) is 0 Å². The van der Waals surface area contributed by atoms with Gasteiger partial charge >= 0.3 is 5.97 Å². The van der Waals surface area contributed by atoms with Gasteiger partial charge in [0.05, 0.1) is 25.8 Å². The summed E-state index contributed by atoms with van der Waals surface area (Å²) in [5, 5.41) is 3.50. The number of likely N-dealkylation sites (tertiary alicyclic amines) is 1. The third-order valence-electron chi connectivity index (χ3n) is 5.54. The zero-order chi connectivity index (χ0) is 21.3. The topological polar surface area (TPSA) is 70.3 Å². The van der Waals surface area contributed by atoms with Gasteiger partial charge in [-0.2, -0.15) is 0 Å². The van der Waals surface area contributed by atoms with Crippen LogP contribution >= 0.6 is 24.0 Å². The molecule has 31 heavy (non-hydrogen) atoms. The first-order valence-corrected chi connectivity index (χ1v) is 10.4. The minimum atomic E-state index is -0.106. The second-order valence-electron chi connectivity index (χ2n) is 7.71. The molecule has 0 aliphatic carbocycles. The highest BCUT2D eigenvalue weighted by Crippen LogP contribution is 2.19. The first kappa shape index (κ1) is 25.2. The number of piperidine rings is 1. The van der Waals surface area contributed by atoms with Crippen molar-refractivity contribution < 1.29 is 13.9 Å². The first-order chi connectivity index (χ1) is 14.6. The molecule has 7 nitrogen and oxygen atoms in total. The molecule has 0 unspecified atom stereocenters. The van der Waals surface area contributed by atoms with Crippen molar-refractivity contribution in [3.63, 3.8) is 0 Å². The number of aliphatic imine (C=N–C) groups is 1. The molecular formula is C23H33IN4O3. The van der Waals surface area contributed by atoms with Gasteiger partial charge in [0.2, 0.25) is 0 Å². The van der Waals surface area contributed by atoms with Crippen LogP contribution in [-0.4, -0.2) is 56.0 Å². The van der Waals surface area contributed by atoms with Gasteiger partial charge in [-0.25, -0.2) is 0 Å². The van der Waals surface area contributed by atoms with Crippen LogP contribution in [-0.2, 0) is 29.2 Å². The molecule has 3 rings (SSSR count). The van der Waals surface area contributed by atoms with Crippen molar-refractivity contribution in [2.75, 3.05) is 34.3 Å². The average Bonchev–Trinajstić information content (AvgIpc) is 3.28. The van der Waals surface area contributed by atoms with Crippen LogP contribution in [0.15, 0.2) is 52.1 Å². The fraction of sp³-hybridized carbons (Fsp3) is 0.478. The number of rotatable bonds is 7. The van der Waals surface area contributed by atoms with Gasteiger partial charge in [-0.05, 0) is 43.1 Å². The zero-order valence-corrected chi connectivity index (χ0v) is 20.9. The lowest BCUT2D eigenvalue weighted by molar-refractivity contribution is -0.146. The van der Waals surface area contributed by atoms with E-state index >= 15 is 0 Å². The molecule has 1 aliphatic rings. The Labute approximate surface area is 201 Å². The van der Waals surface area contributed by atoms with Crippen molar-refractivity contribution in [1.29, 1.82) is 0 Å². The van der Waals surface area contributed by atoms with Crippen molar-refractivity contribution in [1.82, 2.24) is 15.1 Å². The third kappa shape index (κ3) is 7.24. The maximum Gasteiger partial charge on any atom is 0.308 e. The Kier molecular flexibility index (Phi) is 10.3. The fourth-order valence-electron chi connectivity index (χ4n) is 3.90. The van der Waals surface area contributed by atoms with Crippen LogP contribution < -0.4 is 5.32 Å². The Balaban J connectivity index is 0.00000341. The Bertz CT molecular complexity index is 833. The molecule has 1 fully saturated rings. The van der Waals surface area contributed by atoms with E-state index in [1.54, 1.807) is 13.3 Å². The number of hydrogen-bond acceptors (Lipinski definition) is 5. The van der Waals surface area contributed by atoms with E-state index in [1.807, 2.05) is 12.1 Å². The molecule has 2 aromatic rings. The molecule has 1 aliphatic heterocycles. The number of nitrogens with zero attached hydrogens (tertiary/aromatic N) is 3. The number of methoxy groups -OCH3 is 1. The number of halogens is 1. The lowest BCUT2D eigenvalue weighted by Gasteiger charge is -2.33. The minimum absolute atomic E-state index is 0. The van der Waals surface area contributed by atoms with E-state index in [4.69, 9.17) is 9.15 Å². The van der Waals surface area contributed by atoms with Crippen molar-refractivity contribution in [2.24, 2.45) is 10.9 Å². The van der Waals surface area contributed by atoms with E-state index in [-0.39, 0.29) is 35.9 Å². The van der Waals surface area contributed by atoms with Gasteiger partial charge in [0, 0.05) is 33.2 Å². The summed E-state index contributed by atoms with van der Waals surface area (Å²) >= 11 is 0. The summed E-state index contributed by atoms with van der Waals surface area (Å²) in [5.74, 6) is 1.72. The highest BCUT2D eigenvalue weighted by Gasteiger charge is 2.27. The van der Waals surface area contributed by atoms with Gasteiger partial charge in [0.25, 0.3) is 0 Å². The summed E-state index contributed by atoms with van der Waals surface area (Å²) in [6, 6.07) is 12.4. The number of guanidine groups is 1. The van der Waals surface area contributed by atoms with E-state index in [0.717, 1.165) is 50.7 Å². The lowest BCUT2D eigenvalue weighted by atomic mass is 9.97. The van der Waals surface area contributed by atoms with Crippen molar-refractivity contribution in [3.8, 4) is 0 Å². The summed E-state index contributed by atoms with van der Waals surface area (Å²) in [6.45, 7) is 3.90. The number of hydrogen-bond donors (Lipinski definition) is 1. The van der Waals surface area contributed by atoms with Crippen LogP contribution in [0.4, 0.5) is 0 Å². The molecular weight excluding hydrogens is 507 g/mol. The standard InChI is InChI=1S/C23H32N4O3.HI/c1-24-23(27-12-10-18(11-13-27)22(28)29-3)25-15-19-7-4-5-8-20(19)16-26(2)17-21-9-6-14-30-21;/h4-9,14,18H,10-13,15-17H2,1-3H3,(H,24,25);1H. The van der Waals surface area contributed by atoms with Crippen LogP contribution in [0, 0.1) is 5.92 Å². The molecule has 8 heteroatoms. The van der Waals surface area contributed by atoms with E-state index in [9.17, 15) is 4.79 Å². The van der Waals surface area contributed by atoms with Gasteiger partial charge in [-0.3, -0.25) is 14.7 Å². The molecule has 170 valence electrons. The van der Waals surface area contributed by atoms with E-state index in [0.29, 0.717) is 6.54 Å². The molecule has 2 heterocycles. The monoisotopic (exact) mass is 540 g/mol. The highest BCUT2D eigenvalue weighted by molar-refractivity contribution is 14.0. The molecule has 0 radical (unpaired) electrons. The summed E-state index contributed by atoms with van der Waals surface area (Å²) in [7, 11) is 5.35. The number of benzene rings is 1. The predicted molar refractivity (Wildman–Crippen MR) is 132 cm³/mol. The number of furan rings is 1. The number of esters is 1. The van der Waals surface area contributed by atoms with Gasteiger partial charge in [0.15, 0.2) is 5.96 Å². The second kappa shape index (κ2) is 12.7. The number of nitrogens with one attached hydrogen (secondary N) is 1. The average molecular weight is 540 g/mol. The van der Waals surface area contributed by atoms with Crippen LogP contribution in [0.1, 0.15) is 29.7 Å². The van der Waals surface area contributed by atoms with Crippen LogP contribution in [0.3, 0.4) is 0 Å². The van der Waals surface area contributed by atoms with E-state index < -0.39 is 0 Å². The molecule has 0 amide bonds. The minimum Gasteiger partial charge on any atom is -0.469 e. The number of ether oxygens (including phenoxy) is 1. The third-order valence-corrected chi connectivity index (χ3v) is 5.54. The number of carbonyl (C=O) groups is 1. The normalized spacial score (nSPS) is 15.0. The Hall–Kier alpha value is -2.07. The molecule has 0 saturated carbocycles. The lowest BCUT2D eigenvalue weighted by Crippen LogP contribution is -2.46. The molecule has 1 N–H and O–H groups in total. The predicted octanol–water partition coefficient (Wildman–Crippen LogP) is 3.49. The first-order valence-electron chi connectivity index (χ1n) is 10.4. The quantitative estimate of drug-likeness (QED) is 0.251. The van der Waals surface area contributed by atoms with Gasteiger partial charge in [-0.15, -0.1) is 24.0 Å².